The van der Waals surface area contributed by atoms with Gasteiger partial charge in [-0.3, -0.25) is 0 Å². The van der Waals surface area contributed by atoms with Crippen LogP contribution in [-0.2, 0) is 19.1 Å². The number of methoxy groups -OCH3 is 1. The van der Waals surface area contributed by atoms with Gasteiger partial charge in [0.15, 0.2) is 0 Å². The highest BCUT2D eigenvalue weighted by atomic mass is 19.4. The third-order valence-corrected chi connectivity index (χ3v) is 2.83. The van der Waals surface area contributed by atoms with Gasteiger partial charge in [0.25, 0.3) is 0 Å². The fourth-order valence-corrected chi connectivity index (χ4v) is 1.16. The van der Waals surface area contributed by atoms with E-state index in [9.17, 15) is 66.7 Å². The van der Waals surface area contributed by atoms with Crippen LogP contribution < -0.4 is 0 Å². The van der Waals surface area contributed by atoms with Crippen molar-refractivity contribution in [2.45, 2.75) is 42.9 Å². The smallest absolute Gasteiger partial charge is 0.466 e. The normalized spacial score (nSPS) is 13.5. The Balaban J connectivity index is 0. The molecule has 31 heavy (non-hydrogen) atoms. The monoisotopic (exact) mass is 490 g/mol. The van der Waals surface area contributed by atoms with E-state index >= 15 is 0 Å². The number of alkyl halides is 13. The number of halogens is 13. The lowest BCUT2D eigenvalue weighted by atomic mass is 9.97. The minimum atomic E-state index is -8.04. The molecule has 0 aliphatic carbocycles. The van der Waals surface area contributed by atoms with E-state index in [0.717, 1.165) is 0 Å². The van der Waals surface area contributed by atoms with Gasteiger partial charge in [-0.1, -0.05) is 13.2 Å². The lowest BCUT2D eigenvalue weighted by Crippen LogP contribution is -2.70. The van der Waals surface area contributed by atoms with Gasteiger partial charge in [0, 0.05) is 11.6 Å². The molecule has 0 aromatic carbocycles. The van der Waals surface area contributed by atoms with Crippen molar-refractivity contribution in [1.29, 1.82) is 0 Å². The van der Waals surface area contributed by atoms with Crippen LogP contribution in [0, 0.1) is 0 Å². The minimum absolute atomic E-state index is 0.329. The molecule has 0 aromatic rings. The van der Waals surface area contributed by atoms with E-state index < -0.39 is 41.9 Å². The topological polar surface area (TPSA) is 52.6 Å². The minimum Gasteiger partial charge on any atom is -0.466 e. The van der Waals surface area contributed by atoms with E-state index in [-0.39, 0.29) is 12.0 Å². The van der Waals surface area contributed by atoms with Crippen LogP contribution in [0.5, 0.6) is 0 Å². The molecular weight excluding hydrogens is 479 g/mol. The van der Waals surface area contributed by atoms with Gasteiger partial charge in [-0.15, -0.1) is 0 Å². The number of hydrogen-bond acceptors (Lipinski definition) is 4. The molecule has 0 N–H and O–H groups in total. The van der Waals surface area contributed by atoms with Crippen LogP contribution in [-0.4, -0.2) is 55.0 Å². The summed E-state index contributed by atoms with van der Waals surface area (Å²) in [6.45, 7) is 7.31. The number of carbonyl (C=O) groups excluding carboxylic acids is 2. The molecule has 17 heteroatoms. The summed E-state index contributed by atoms with van der Waals surface area (Å²) in [5, 5.41) is 0. The van der Waals surface area contributed by atoms with Crippen molar-refractivity contribution in [2.24, 2.45) is 0 Å². The molecule has 0 amide bonds. The van der Waals surface area contributed by atoms with Crippen LogP contribution in [0.25, 0.3) is 0 Å². The lowest BCUT2D eigenvalue weighted by molar-refractivity contribution is -0.460. The second-order valence-electron chi connectivity index (χ2n) is 5.21. The molecule has 0 fully saturated rings. The lowest BCUT2D eigenvalue weighted by Gasteiger charge is -2.38. The second kappa shape index (κ2) is 9.33. The predicted octanol–water partition coefficient (Wildman–Crippen LogP) is 5.15. The van der Waals surface area contributed by atoms with Crippen LogP contribution in [0.4, 0.5) is 57.1 Å². The van der Waals surface area contributed by atoms with Gasteiger partial charge in [-0.25, -0.2) is 9.59 Å². The van der Waals surface area contributed by atoms with Crippen molar-refractivity contribution in [3.8, 4) is 0 Å². The molecule has 0 saturated carbocycles. The average molecular weight is 490 g/mol. The highest BCUT2D eigenvalue weighted by molar-refractivity contribution is 5.86. The number of carbonyl (C=O) groups is 2. The van der Waals surface area contributed by atoms with E-state index in [1.54, 1.807) is 6.92 Å². The Kier molecular flexibility index (Phi) is 9.24. The van der Waals surface area contributed by atoms with Gasteiger partial charge >= 0.3 is 47.9 Å². The summed E-state index contributed by atoms with van der Waals surface area (Å²) in [6, 6.07) is 0. The maximum atomic E-state index is 12.9. The molecule has 0 bridgehead atoms. The SMILES string of the molecule is C=C(C)C(=O)OC.C=CC(=O)OC(F)(F)C(F)(F)C(F)(F)C(F)(F)C(F)(F)C(F)(F)F. The Morgan fingerprint density at radius 2 is 1.10 bits per heavy atom. The molecule has 0 aliphatic rings. The van der Waals surface area contributed by atoms with Crippen molar-refractivity contribution in [2.75, 3.05) is 7.11 Å². The molecule has 0 aromatic heterocycles. The summed E-state index contributed by atoms with van der Waals surface area (Å²) in [7, 11) is 1.33. The van der Waals surface area contributed by atoms with Crippen LogP contribution in [0.1, 0.15) is 6.92 Å². The summed E-state index contributed by atoms with van der Waals surface area (Å²) >= 11 is 0. The zero-order valence-corrected chi connectivity index (χ0v) is 15.0. The predicted molar refractivity (Wildman–Crippen MR) is 73.9 cm³/mol. The first-order chi connectivity index (χ1) is 13.4. The van der Waals surface area contributed by atoms with Crippen molar-refractivity contribution < 1.29 is 76.1 Å². The van der Waals surface area contributed by atoms with E-state index in [1.165, 1.54) is 7.11 Å². The summed E-state index contributed by atoms with van der Waals surface area (Å²) < 4.78 is 169. The van der Waals surface area contributed by atoms with Crippen molar-refractivity contribution in [3.05, 3.63) is 24.8 Å². The highest BCUT2D eigenvalue weighted by Crippen LogP contribution is 2.60. The zero-order valence-electron chi connectivity index (χ0n) is 15.0. The van der Waals surface area contributed by atoms with Gasteiger partial charge in [0.1, 0.15) is 0 Å². The molecule has 0 saturated heterocycles. The average Bonchev–Trinajstić information content (AvgIpc) is 2.59. The summed E-state index contributed by atoms with van der Waals surface area (Å²) in [6.07, 6.45) is -14.7. The molecule has 0 aliphatic heterocycles. The Bertz CT molecular complexity index is 695. The van der Waals surface area contributed by atoms with Gasteiger partial charge in [-0.2, -0.15) is 57.1 Å². The standard InChI is InChI=1S/C9H3F13O2.C5H8O2/c1-2-3(23)24-9(21,22)7(16,17)5(12,13)4(10,11)6(14,15)8(18,19)20;1-4(2)5(6)7-3/h2H,1H2;1H2,2-3H3. The molecule has 0 spiro atoms. The Hall–Kier alpha value is -2.49. The van der Waals surface area contributed by atoms with Gasteiger partial charge in [0.05, 0.1) is 7.11 Å². The first-order valence-corrected chi connectivity index (χ1v) is 6.94. The molecule has 0 heterocycles. The van der Waals surface area contributed by atoms with Gasteiger partial charge < -0.3 is 9.47 Å². The largest absolute Gasteiger partial charge is 0.473 e. The molecular formula is C14H11F13O4. The summed E-state index contributed by atoms with van der Waals surface area (Å²) in [5.74, 6) is -34.4. The zero-order chi connectivity index (χ0) is 25.9. The van der Waals surface area contributed by atoms with Crippen molar-refractivity contribution in [3.63, 3.8) is 0 Å². The molecule has 0 atom stereocenters. The van der Waals surface area contributed by atoms with Crippen LogP contribution in [0.2, 0.25) is 0 Å². The molecule has 0 radical (unpaired) electrons. The first-order valence-electron chi connectivity index (χ1n) is 6.94. The van der Waals surface area contributed by atoms with E-state index in [1.807, 2.05) is 0 Å². The molecule has 0 rings (SSSR count). The molecule has 0 unspecified atom stereocenters. The van der Waals surface area contributed by atoms with Gasteiger partial charge in [0.2, 0.25) is 0 Å². The third-order valence-electron chi connectivity index (χ3n) is 2.83. The van der Waals surface area contributed by atoms with Gasteiger partial charge in [-0.05, 0) is 6.92 Å². The van der Waals surface area contributed by atoms with Crippen LogP contribution in [0.3, 0.4) is 0 Å². The maximum absolute atomic E-state index is 12.9. The van der Waals surface area contributed by atoms with E-state index in [0.29, 0.717) is 5.57 Å². The summed E-state index contributed by atoms with van der Waals surface area (Å²) in [5.41, 5.74) is 0.433. The van der Waals surface area contributed by atoms with E-state index in [4.69, 9.17) is 0 Å². The van der Waals surface area contributed by atoms with Crippen LogP contribution in [0.15, 0.2) is 24.8 Å². The van der Waals surface area contributed by atoms with Crippen LogP contribution >= 0.6 is 0 Å². The quantitative estimate of drug-likeness (QED) is 0.282. The Morgan fingerprint density at radius 3 is 1.32 bits per heavy atom. The number of ether oxygens (including phenoxy) is 2. The highest BCUT2D eigenvalue weighted by Gasteiger charge is 2.91. The van der Waals surface area contributed by atoms with E-state index in [2.05, 4.69) is 22.6 Å². The molecule has 182 valence electrons. The number of esters is 2. The van der Waals surface area contributed by atoms with Crippen molar-refractivity contribution in [1.82, 2.24) is 0 Å². The first kappa shape index (κ1) is 30.7. The maximum Gasteiger partial charge on any atom is 0.473 e. The summed E-state index contributed by atoms with van der Waals surface area (Å²) in [4.78, 5) is 20.5. The fourth-order valence-electron chi connectivity index (χ4n) is 1.16. The fraction of sp³-hybridized carbons (Fsp3) is 0.571. The molecule has 4 nitrogen and oxygen atoms in total. The Labute approximate surface area is 164 Å². The second-order valence-corrected chi connectivity index (χ2v) is 5.21. The van der Waals surface area contributed by atoms with Crippen molar-refractivity contribution >= 4 is 11.9 Å². The number of hydrogen-bond donors (Lipinski definition) is 0. The third kappa shape index (κ3) is 5.81. The number of rotatable bonds is 7. The Morgan fingerprint density at radius 1 is 0.742 bits per heavy atom.